The summed E-state index contributed by atoms with van der Waals surface area (Å²) in [5.41, 5.74) is 0. The lowest BCUT2D eigenvalue weighted by atomic mass is 10.1. The van der Waals surface area contributed by atoms with Crippen molar-refractivity contribution in [2.45, 2.75) is 44.3 Å². The SMILES string of the molecule is O=C1CCCC(C/C=C/C/C=C/[C@H](O)CO)O1. The molecule has 2 N–H and O–H groups in total. The Bertz CT molecular complexity index is 283. The minimum absolute atomic E-state index is 0.0273. The van der Waals surface area contributed by atoms with Crippen LogP contribution in [0.5, 0.6) is 0 Å². The number of allylic oxidation sites excluding steroid dienone is 2. The topological polar surface area (TPSA) is 66.8 Å². The Morgan fingerprint density at radius 2 is 2.24 bits per heavy atom. The number of hydrogen-bond acceptors (Lipinski definition) is 4. The van der Waals surface area contributed by atoms with Gasteiger partial charge in [0.15, 0.2) is 0 Å². The number of aliphatic hydroxyl groups is 2. The number of carbonyl (C=O) groups excluding carboxylic acids is 1. The zero-order chi connectivity index (χ0) is 12.5. The molecule has 0 bridgehead atoms. The first-order valence-corrected chi connectivity index (χ1v) is 6.02. The number of cyclic esters (lactones) is 1. The van der Waals surface area contributed by atoms with Crippen LogP contribution in [-0.4, -0.2) is 35.0 Å². The van der Waals surface area contributed by atoms with E-state index in [1.807, 2.05) is 12.2 Å². The van der Waals surface area contributed by atoms with Crippen molar-refractivity contribution in [1.29, 1.82) is 0 Å². The van der Waals surface area contributed by atoms with Gasteiger partial charge < -0.3 is 14.9 Å². The Balaban J connectivity index is 2.13. The molecule has 0 spiro atoms. The minimum atomic E-state index is -0.775. The lowest BCUT2D eigenvalue weighted by Gasteiger charge is -2.20. The van der Waals surface area contributed by atoms with Crippen molar-refractivity contribution >= 4 is 5.97 Å². The zero-order valence-corrected chi connectivity index (χ0v) is 9.92. The molecule has 0 aromatic heterocycles. The number of hydrogen-bond donors (Lipinski definition) is 2. The molecule has 4 heteroatoms. The highest BCUT2D eigenvalue weighted by Crippen LogP contribution is 2.17. The average molecular weight is 240 g/mol. The third-order valence-corrected chi connectivity index (χ3v) is 2.59. The Labute approximate surface area is 102 Å². The molecule has 1 fully saturated rings. The van der Waals surface area contributed by atoms with Crippen molar-refractivity contribution < 1.29 is 19.7 Å². The number of esters is 1. The van der Waals surface area contributed by atoms with Crippen molar-refractivity contribution in [1.82, 2.24) is 0 Å². The highest BCUT2D eigenvalue weighted by Gasteiger charge is 2.18. The number of rotatable bonds is 6. The molecular formula is C13H20O4. The molecule has 4 nitrogen and oxygen atoms in total. The summed E-state index contributed by atoms with van der Waals surface area (Å²) < 4.78 is 5.17. The fourth-order valence-electron chi connectivity index (χ4n) is 1.66. The van der Waals surface area contributed by atoms with Gasteiger partial charge in [-0.05, 0) is 19.3 Å². The van der Waals surface area contributed by atoms with Gasteiger partial charge >= 0.3 is 5.97 Å². The monoisotopic (exact) mass is 240 g/mol. The summed E-state index contributed by atoms with van der Waals surface area (Å²) in [5.74, 6) is -0.0967. The predicted molar refractivity (Wildman–Crippen MR) is 64.3 cm³/mol. The van der Waals surface area contributed by atoms with Crippen LogP contribution in [0.3, 0.4) is 0 Å². The van der Waals surface area contributed by atoms with Crippen LogP contribution < -0.4 is 0 Å². The lowest BCUT2D eigenvalue weighted by Crippen LogP contribution is -2.22. The van der Waals surface area contributed by atoms with Crippen LogP contribution in [0.4, 0.5) is 0 Å². The summed E-state index contributed by atoms with van der Waals surface area (Å²) >= 11 is 0. The van der Waals surface area contributed by atoms with Gasteiger partial charge in [-0.3, -0.25) is 4.79 Å². The summed E-state index contributed by atoms with van der Waals surface area (Å²) in [6.45, 7) is -0.252. The normalized spacial score (nSPS) is 23.2. The Kier molecular flexibility index (Phi) is 6.58. The fraction of sp³-hybridized carbons (Fsp3) is 0.615. The van der Waals surface area contributed by atoms with Gasteiger partial charge in [0, 0.05) is 12.8 Å². The van der Waals surface area contributed by atoms with Gasteiger partial charge in [0.25, 0.3) is 0 Å². The zero-order valence-electron chi connectivity index (χ0n) is 9.92. The highest BCUT2D eigenvalue weighted by atomic mass is 16.5. The summed E-state index contributed by atoms with van der Waals surface area (Å²) in [6.07, 6.45) is 10.4. The Morgan fingerprint density at radius 1 is 1.41 bits per heavy atom. The molecule has 0 aromatic rings. The minimum Gasteiger partial charge on any atom is -0.462 e. The molecule has 17 heavy (non-hydrogen) atoms. The molecule has 0 aliphatic carbocycles. The third-order valence-electron chi connectivity index (χ3n) is 2.59. The van der Waals surface area contributed by atoms with E-state index in [1.165, 1.54) is 0 Å². The molecule has 0 amide bonds. The van der Waals surface area contributed by atoms with Crippen LogP contribution in [0, 0.1) is 0 Å². The fourth-order valence-corrected chi connectivity index (χ4v) is 1.66. The van der Waals surface area contributed by atoms with Gasteiger partial charge in [0.2, 0.25) is 0 Å². The average Bonchev–Trinajstić information content (AvgIpc) is 2.33. The van der Waals surface area contributed by atoms with Crippen molar-refractivity contribution in [2.75, 3.05) is 6.61 Å². The summed E-state index contributed by atoms with van der Waals surface area (Å²) in [7, 11) is 0. The second kappa shape index (κ2) is 8.03. The van der Waals surface area contributed by atoms with Gasteiger partial charge in [-0.15, -0.1) is 0 Å². The van der Waals surface area contributed by atoms with Crippen molar-refractivity contribution in [2.24, 2.45) is 0 Å². The summed E-state index contributed by atoms with van der Waals surface area (Å²) in [4.78, 5) is 11.0. The maximum Gasteiger partial charge on any atom is 0.306 e. The molecule has 1 rings (SSSR count). The maximum absolute atomic E-state index is 11.0. The molecule has 1 aliphatic rings. The van der Waals surface area contributed by atoms with Crippen molar-refractivity contribution in [3.05, 3.63) is 24.3 Å². The first-order chi connectivity index (χ1) is 8.22. The van der Waals surface area contributed by atoms with E-state index in [1.54, 1.807) is 12.2 Å². The Morgan fingerprint density at radius 3 is 2.94 bits per heavy atom. The third kappa shape index (κ3) is 6.24. The van der Waals surface area contributed by atoms with Crippen LogP contribution in [0.1, 0.15) is 32.1 Å². The molecule has 0 saturated carbocycles. The summed E-state index contributed by atoms with van der Waals surface area (Å²) in [6, 6.07) is 0. The molecular weight excluding hydrogens is 220 g/mol. The van der Waals surface area contributed by atoms with Crippen LogP contribution >= 0.6 is 0 Å². The molecule has 1 unspecified atom stereocenters. The van der Waals surface area contributed by atoms with Crippen LogP contribution in [0.2, 0.25) is 0 Å². The van der Waals surface area contributed by atoms with Gasteiger partial charge in [0.05, 0.1) is 12.7 Å². The second-order valence-electron chi connectivity index (χ2n) is 4.12. The molecule has 1 saturated heterocycles. The van der Waals surface area contributed by atoms with E-state index in [0.717, 1.165) is 19.3 Å². The van der Waals surface area contributed by atoms with Crippen LogP contribution in [0.25, 0.3) is 0 Å². The number of carbonyl (C=O) groups is 1. The van der Waals surface area contributed by atoms with Gasteiger partial charge in [-0.1, -0.05) is 24.3 Å². The first kappa shape index (κ1) is 13.9. The quantitative estimate of drug-likeness (QED) is 0.543. The standard InChI is InChI=1S/C13H20O4/c14-10-11(15)6-3-1-2-4-7-12-8-5-9-13(16)17-12/h2-4,6,11-12,14-15H,1,5,7-10H2/b4-2+,6-3+/t11-,12?/m0/s1. The van der Waals surface area contributed by atoms with E-state index in [0.29, 0.717) is 12.8 Å². The van der Waals surface area contributed by atoms with E-state index >= 15 is 0 Å². The number of ether oxygens (including phenoxy) is 1. The molecule has 0 aromatic carbocycles. The number of aliphatic hydroxyl groups excluding tert-OH is 2. The van der Waals surface area contributed by atoms with E-state index in [4.69, 9.17) is 14.9 Å². The van der Waals surface area contributed by atoms with E-state index in [9.17, 15) is 4.79 Å². The van der Waals surface area contributed by atoms with E-state index < -0.39 is 6.10 Å². The summed E-state index contributed by atoms with van der Waals surface area (Å²) in [5, 5.41) is 17.6. The molecule has 1 aliphatic heterocycles. The molecule has 96 valence electrons. The predicted octanol–water partition coefficient (Wildman–Crippen LogP) is 1.33. The van der Waals surface area contributed by atoms with Crippen LogP contribution in [-0.2, 0) is 9.53 Å². The van der Waals surface area contributed by atoms with E-state index in [-0.39, 0.29) is 18.7 Å². The lowest BCUT2D eigenvalue weighted by molar-refractivity contribution is -0.153. The molecule has 0 radical (unpaired) electrons. The van der Waals surface area contributed by atoms with Gasteiger partial charge in [-0.25, -0.2) is 0 Å². The largest absolute Gasteiger partial charge is 0.462 e. The Hall–Kier alpha value is -1.13. The molecule has 1 heterocycles. The second-order valence-corrected chi connectivity index (χ2v) is 4.12. The van der Waals surface area contributed by atoms with Crippen molar-refractivity contribution in [3.63, 3.8) is 0 Å². The first-order valence-electron chi connectivity index (χ1n) is 6.02. The molecule has 2 atom stereocenters. The highest BCUT2D eigenvalue weighted by molar-refractivity contribution is 5.70. The van der Waals surface area contributed by atoms with Gasteiger partial charge in [0.1, 0.15) is 6.10 Å². The van der Waals surface area contributed by atoms with Crippen LogP contribution in [0.15, 0.2) is 24.3 Å². The maximum atomic E-state index is 11.0. The smallest absolute Gasteiger partial charge is 0.306 e. The van der Waals surface area contributed by atoms with Gasteiger partial charge in [-0.2, -0.15) is 0 Å². The van der Waals surface area contributed by atoms with E-state index in [2.05, 4.69) is 0 Å². The van der Waals surface area contributed by atoms with Crippen molar-refractivity contribution in [3.8, 4) is 0 Å².